The Kier molecular flexibility index (Phi) is 9.34. The normalized spacial score (nSPS) is 15.8. The number of nitrogens with one attached hydrogen (secondary N) is 2. The summed E-state index contributed by atoms with van der Waals surface area (Å²) in [6, 6.07) is 9.42. The second-order valence-corrected chi connectivity index (χ2v) is 11.5. The highest BCUT2D eigenvalue weighted by Crippen LogP contribution is 2.40. The van der Waals surface area contributed by atoms with Crippen LogP contribution in [0.25, 0.3) is 10.9 Å². The number of fused-ring (bicyclic) bond motifs is 1. The maximum Gasteiger partial charge on any atom is 0.224 e. The van der Waals surface area contributed by atoms with Crippen molar-refractivity contribution in [2.75, 3.05) is 29.6 Å². The summed E-state index contributed by atoms with van der Waals surface area (Å²) in [7, 11) is 3.61. The Hall–Kier alpha value is -2.75. The molecule has 1 aliphatic rings. The van der Waals surface area contributed by atoms with Gasteiger partial charge in [-0.15, -0.1) is 0 Å². The van der Waals surface area contributed by atoms with Gasteiger partial charge in [-0.1, -0.05) is 33.2 Å². The van der Waals surface area contributed by atoms with Crippen molar-refractivity contribution in [3.63, 3.8) is 0 Å². The zero-order valence-electron chi connectivity index (χ0n) is 19.5. The molecule has 2 atom stereocenters. The molecule has 0 saturated carbocycles. The van der Waals surface area contributed by atoms with Crippen molar-refractivity contribution < 1.29 is 24.1 Å². The van der Waals surface area contributed by atoms with Crippen LogP contribution in [0, 0.1) is 17.1 Å². The van der Waals surface area contributed by atoms with E-state index in [0.717, 1.165) is 18.6 Å². The summed E-state index contributed by atoms with van der Waals surface area (Å²) >= 11 is 5.93. The van der Waals surface area contributed by atoms with Crippen molar-refractivity contribution >= 4 is 67.1 Å². The third kappa shape index (κ3) is 6.97. The Morgan fingerprint density at radius 2 is 2.22 bits per heavy atom. The van der Waals surface area contributed by atoms with E-state index < -0.39 is 18.5 Å². The average molecular weight is 563 g/mol. The van der Waals surface area contributed by atoms with Crippen molar-refractivity contribution in [1.29, 1.82) is 5.26 Å². The number of pyridine rings is 1. The Morgan fingerprint density at radius 3 is 2.92 bits per heavy atom. The number of aromatic nitrogens is 1. The van der Waals surface area contributed by atoms with Gasteiger partial charge < -0.3 is 25.6 Å². The fraction of sp³-hybridized carbons (Fsp3) is 0.320. The van der Waals surface area contributed by atoms with Crippen LogP contribution in [0.1, 0.15) is 24.8 Å². The first-order chi connectivity index (χ1) is 17.9. The first kappa shape index (κ1) is 27.3. The van der Waals surface area contributed by atoms with Gasteiger partial charge in [-0.05, 0) is 37.1 Å². The van der Waals surface area contributed by atoms with Gasteiger partial charge in [-0.3, -0.25) is 9.78 Å². The van der Waals surface area contributed by atoms with E-state index in [9.17, 15) is 19.6 Å². The van der Waals surface area contributed by atoms with Crippen LogP contribution in [0.4, 0.5) is 21.5 Å². The first-order valence-electron chi connectivity index (χ1n) is 11.5. The summed E-state index contributed by atoms with van der Waals surface area (Å²) in [6.45, 7) is -0.680. The minimum Gasteiger partial charge on any atom is -0.489 e. The Labute approximate surface area is 226 Å². The van der Waals surface area contributed by atoms with E-state index in [1.807, 2.05) is 10.8 Å². The molecule has 4 rings (SSSR count). The molecule has 2 unspecified atom stereocenters. The number of aliphatic hydroxyl groups excluding tert-OH is 2. The molecule has 0 radical (unpaired) electrons. The molecule has 1 aliphatic heterocycles. The number of hydrogen-bond acceptors (Lipinski definition) is 9. The third-order valence-corrected chi connectivity index (χ3v) is 8.91. The number of halogens is 2. The maximum absolute atomic E-state index is 13.7. The van der Waals surface area contributed by atoms with Crippen LogP contribution < -0.4 is 15.4 Å². The smallest absolute Gasteiger partial charge is 0.224 e. The van der Waals surface area contributed by atoms with Gasteiger partial charge in [0.1, 0.15) is 30.3 Å². The quantitative estimate of drug-likeness (QED) is 0.245. The highest BCUT2D eigenvalue weighted by Gasteiger charge is 2.20. The van der Waals surface area contributed by atoms with E-state index >= 15 is 0 Å². The van der Waals surface area contributed by atoms with Gasteiger partial charge in [0, 0.05) is 40.8 Å². The van der Waals surface area contributed by atoms with Crippen LogP contribution in [0.3, 0.4) is 0 Å². The molecule has 8 nitrogen and oxygen atoms in total. The number of benzene rings is 2. The lowest BCUT2D eigenvalue weighted by Gasteiger charge is -2.18. The maximum atomic E-state index is 13.7. The minimum atomic E-state index is -1.11. The highest BCUT2D eigenvalue weighted by atomic mass is 35.5. The van der Waals surface area contributed by atoms with Crippen LogP contribution in [0.15, 0.2) is 36.5 Å². The number of carbonyl (C=O) groups excluding carboxylic acids is 1. The molecule has 0 aliphatic carbocycles. The molecule has 1 fully saturated rings. The predicted molar refractivity (Wildman–Crippen MR) is 146 cm³/mol. The molecular formula is C25H24ClFN4O4S2. The molecule has 37 heavy (non-hydrogen) atoms. The van der Waals surface area contributed by atoms with Gasteiger partial charge in [-0.25, -0.2) is 4.39 Å². The molecule has 194 valence electrons. The monoisotopic (exact) mass is 562 g/mol. The number of nitriles is 1. The zero-order valence-corrected chi connectivity index (χ0v) is 21.9. The van der Waals surface area contributed by atoms with E-state index in [2.05, 4.69) is 21.7 Å². The van der Waals surface area contributed by atoms with Crippen molar-refractivity contribution in [3.05, 3.63) is 52.9 Å². The van der Waals surface area contributed by atoms with E-state index in [1.165, 1.54) is 24.4 Å². The van der Waals surface area contributed by atoms with Gasteiger partial charge in [0.25, 0.3) is 0 Å². The SMILES string of the molecule is N#Cc1cnc2cc(OCC(O)CO)c(NC(=O)CCC3CCSS3)cc2c1Nc1ccc(F)c(Cl)c1. The summed E-state index contributed by atoms with van der Waals surface area (Å²) in [4.78, 5) is 17.2. The summed E-state index contributed by atoms with van der Waals surface area (Å²) < 4.78 is 19.4. The Balaban J connectivity index is 1.70. The van der Waals surface area contributed by atoms with Crippen molar-refractivity contribution in [3.8, 4) is 11.8 Å². The fourth-order valence-electron chi connectivity index (χ4n) is 3.68. The molecule has 0 bridgehead atoms. The number of nitrogens with zero attached hydrogens (tertiary/aromatic N) is 2. The lowest BCUT2D eigenvalue weighted by molar-refractivity contribution is -0.116. The largest absolute Gasteiger partial charge is 0.489 e. The number of anilines is 3. The van der Waals surface area contributed by atoms with Gasteiger partial charge in [0.05, 0.1) is 34.1 Å². The summed E-state index contributed by atoms with van der Waals surface area (Å²) in [5.74, 6) is 0.565. The first-order valence-corrected chi connectivity index (χ1v) is 14.2. The zero-order chi connectivity index (χ0) is 26.4. The molecule has 1 aromatic heterocycles. The summed E-state index contributed by atoms with van der Waals surface area (Å²) in [5, 5.41) is 35.5. The van der Waals surface area contributed by atoms with E-state index in [-0.39, 0.29) is 28.8 Å². The van der Waals surface area contributed by atoms with Gasteiger partial charge in [0.15, 0.2) is 0 Å². The van der Waals surface area contributed by atoms with Crippen LogP contribution in [0.2, 0.25) is 5.02 Å². The van der Waals surface area contributed by atoms with Crippen LogP contribution >= 0.6 is 33.2 Å². The summed E-state index contributed by atoms with van der Waals surface area (Å²) in [5.41, 5.74) is 1.85. The highest BCUT2D eigenvalue weighted by molar-refractivity contribution is 8.77. The van der Waals surface area contributed by atoms with Crippen molar-refractivity contribution in [1.82, 2.24) is 4.98 Å². The lowest BCUT2D eigenvalue weighted by Crippen LogP contribution is -2.22. The van der Waals surface area contributed by atoms with Gasteiger partial charge >= 0.3 is 0 Å². The van der Waals surface area contributed by atoms with Crippen LogP contribution in [-0.2, 0) is 4.79 Å². The lowest BCUT2D eigenvalue weighted by atomic mass is 10.1. The van der Waals surface area contributed by atoms with Gasteiger partial charge in [0.2, 0.25) is 5.91 Å². The van der Waals surface area contributed by atoms with E-state index in [0.29, 0.717) is 39.6 Å². The number of rotatable bonds is 10. The second-order valence-electron chi connectivity index (χ2n) is 8.34. The van der Waals surface area contributed by atoms with Crippen molar-refractivity contribution in [2.45, 2.75) is 30.6 Å². The molecule has 1 saturated heterocycles. The fourth-order valence-corrected chi connectivity index (χ4v) is 6.84. The summed E-state index contributed by atoms with van der Waals surface area (Å²) in [6.07, 6.45) is 2.42. The molecule has 0 spiro atoms. The number of hydrogen-bond donors (Lipinski definition) is 4. The van der Waals surface area contributed by atoms with Crippen molar-refractivity contribution in [2.24, 2.45) is 0 Å². The standard InChI is InChI=1S/C25H24ClFN4O4S2/c26-19-7-15(1-3-20(19)27)30-25-14(10-28)11-29-21-9-23(35-13-16(33)12-32)22(8-18(21)25)31-24(34)4-2-17-5-6-36-37-17/h1,3,7-9,11,16-17,32-33H,2,4-6,12-13H2,(H,29,30)(H,31,34). The number of aliphatic hydroxyl groups is 2. The number of amides is 1. The number of carbonyl (C=O) groups is 1. The molecule has 4 N–H and O–H groups in total. The predicted octanol–water partition coefficient (Wildman–Crippen LogP) is 5.25. The molecule has 12 heteroatoms. The van der Waals surface area contributed by atoms with Crippen LogP contribution in [0.5, 0.6) is 5.75 Å². The van der Waals surface area contributed by atoms with E-state index in [1.54, 1.807) is 22.9 Å². The molecule has 1 amide bonds. The minimum absolute atomic E-state index is 0.0771. The van der Waals surface area contributed by atoms with Crippen LogP contribution in [-0.4, -0.2) is 51.4 Å². The third-order valence-electron chi connectivity index (χ3n) is 5.62. The molecule has 3 aromatic rings. The van der Waals surface area contributed by atoms with E-state index in [4.69, 9.17) is 21.4 Å². The molecule has 2 aromatic carbocycles. The molecule has 2 heterocycles. The van der Waals surface area contributed by atoms with Gasteiger partial charge in [-0.2, -0.15) is 5.26 Å². The Bertz CT molecular complexity index is 1330. The number of ether oxygens (including phenoxy) is 1. The Morgan fingerprint density at radius 1 is 1.38 bits per heavy atom. The molecular weight excluding hydrogens is 539 g/mol. The average Bonchev–Trinajstić information content (AvgIpc) is 3.42. The topological polar surface area (TPSA) is 128 Å². The second kappa shape index (κ2) is 12.7.